The highest BCUT2D eigenvalue weighted by Crippen LogP contribution is 2.26. The van der Waals surface area contributed by atoms with E-state index in [1.54, 1.807) is 24.3 Å². The van der Waals surface area contributed by atoms with Crippen molar-refractivity contribution in [2.24, 2.45) is 5.92 Å². The summed E-state index contributed by atoms with van der Waals surface area (Å²) in [4.78, 5) is 62.6. The quantitative estimate of drug-likeness (QED) is 0.453. The van der Waals surface area contributed by atoms with Crippen molar-refractivity contribution in [1.29, 1.82) is 0 Å². The van der Waals surface area contributed by atoms with Crippen molar-refractivity contribution in [3.8, 4) is 0 Å². The zero-order valence-corrected chi connectivity index (χ0v) is 17.4. The van der Waals surface area contributed by atoms with Crippen LogP contribution >= 0.6 is 11.6 Å². The Hall–Kier alpha value is -3.92. The molecular weight excluding hydrogens is 438 g/mol. The summed E-state index contributed by atoms with van der Waals surface area (Å²) in [6.45, 7) is -0.169. The van der Waals surface area contributed by atoms with Crippen molar-refractivity contribution in [2.75, 3.05) is 23.3 Å². The Balaban J connectivity index is 1.38. The topological polar surface area (TPSA) is 144 Å². The van der Waals surface area contributed by atoms with E-state index in [1.807, 2.05) is 0 Å². The van der Waals surface area contributed by atoms with Gasteiger partial charge in [-0.15, -0.1) is 0 Å². The number of fused-ring (bicyclic) bond motifs is 1. The lowest BCUT2D eigenvalue weighted by Crippen LogP contribution is -2.38. The molecule has 11 heteroatoms. The van der Waals surface area contributed by atoms with Gasteiger partial charge in [0.1, 0.15) is 0 Å². The van der Waals surface area contributed by atoms with E-state index in [4.69, 9.17) is 11.6 Å². The highest BCUT2D eigenvalue weighted by atomic mass is 35.5. The summed E-state index contributed by atoms with van der Waals surface area (Å²) in [5.41, 5.74) is -0.269. The third kappa shape index (κ3) is 4.26. The van der Waals surface area contributed by atoms with Crippen LogP contribution in [0.15, 0.2) is 52.1 Å². The van der Waals surface area contributed by atoms with Crippen LogP contribution in [-0.4, -0.2) is 41.0 Å². The molecule has 4 rings (SSSR count). The van der Waals surface area contributed by atoms with Crippen LogP contribution in [-0.2, 0) is 14.4 Å². The highest BCUT2D eigenvalue weighted by molar-refractivity contribution is 6.30. The predicted molar refractivity (Wildman–Crippen MR) is 119 cm³/mol. The van der Waals surface area contributed by atoms with Crippen molar-refractivity contribution in [3.63, 3.8) is 0 Å². The minimum atomic E-state index is -0.607. The molecule has 2 heterocycles. The molecule has 1 aromatic heterocycles. The lowest BCUT2D eigenvalue weighted by Gasteiger charge is -2.16. The van der Waals surface area contributed by atoms with Gasteiger partial charge in [-0.2, -0.15) is 0 Å². The molecule has 0 bridgehead atoms. The van der Waals surface area contributed by atoms with E-state index in [2.05, 4.69) is 20.8 Å². The summed E-state index contributed by atoms with van der Waals surface area (Å²) >= 11 is 5.87. The molecule has 1 atom stereocenters. The van der Waals surface area contributed by atoms with Crippen LogP contribution in [0.25, 0.3) is 10.8 Å². The first-order valence-corrected chi connectivity index (χ1v) is 10.1. The van der Waals surface area contributed by atoms with Crippen molar-refractivity contribution >= 4 is 51.5 Å². The number of benzene rings is 2. The number of halogens is 1. The van der Waals surface area contributed by atoms with Crippen molar-refractivity contribution in [1.82, 2.24) is 15.5 Å². The number of rotatable bonds is 5. The van der Waals surface area contributed by atoms with Crippen molar-refractivity contribution in [3.05, 3.63) is 68.2 Å². The van der Waals surface area contributed by atoms with E-state index in [-0.39, 0.29) is 41.9 Å². The van der Waals surface area contributed by atoms with Gasteiger partial charge in [-0.3, -0.25) is 34.2 Å². The van der Waals surface area contributed by atoms with Crippen LogP contribution in [0.5, 0.6) is 0 Å². The summed E-state index contributed by atoms with van der Waals surface area (Å²) in [5, 5.41) is 10.2. The molecule has 0 radical (unpaired) electrons. The number of nitrogens with zero attached hydrogens (tertiary/aromatic N) is 1. The van der Waals surface area contributed by atoms with Crippen LogP contribution in [0.3, 0.4) is 0 Å². The molecule has 1 saturated heterocycles. The molecule has 4 N–H and O–H groups in total. The van der Waals surface area contributed by atoms with E-state index in [9.17, 15) is 24.0 Å². The SMILES string of the molecule is O=C(CNC(=O)C1CC(=O)N(c2ccc(Cl)cc2)C1)Nc1cccc2c(=O)[nH][nH]c(=O)c12. The highest BCUT2D eigenvalue weighted by Gasteiger charge is 2.35. The number of carbonyl (C=O) groups is 3. The molecule has 0 spiro atoms. The normalized spacial score (nSPS) is 15.7. The third-order valence-corrected chi connectivity index (χ3v) is 5.41. The molecule has 3 amide bonds. The van der Waals surface area contributed by atoms with E-state index < -0.39 is 28.9 Å². The number of hydrogen-bond acceptors (Lipinski definition) is 5. The fourth-order valence-corrected chi connectivity index (χ4v) is 3.72. The van der Waals surface area contributed by atoms with Gasteiger partial charge < -0.3 is 15.5 Å². The van der Waals surface area contributed by atoms with Gasteiger partial charge >= 0.3 is 0 Å². The summed E-state index contributed by atoms with van der Waals surface area (Å²) < 4.78 is 0. The molecule has 0 aliphatic carbocycles. The summed E-state index contributed by atoms with van der Waals surface area (Å²) in [6.07, 6.45) is 0.0254. The Morgan fingerprint density at radius 2 is 1.75 bits per heavy atom. The summed E-state index contributed by atoms with van der Waals surface area (Å²) in [6, 6.07) is 11.2. The first-order chi connectivity index (χ1) is 15.3. The zero-order chi connectivity index (χ0) is 22.8. The van der Waals surface area contributed by atoms with E-state index in [1.165, 1.54) is 23.1 Å². The predicted octanol–water partition coefficient (Wildman–Crippen LogP) is 0.978. The number of carbonyl (C=O) groups excluding carboxylic acids is 3. The van der Waals surface area contributed by atoms with Crippen molar-refractivity contribution < 1.29 is 14.4 Å². The van der Waals surface area contributed by atoms with Crippen molar-refractivity contribution in [2.45, 2.75) is 6.42 Å². The Labute approximate surface area is 185 Å². The van der Waals surface area contributed by atoms with Gasteiger partial charge in [-0.1, -0.05) is 17.7 Å². The van der Waals surface area contributed by atoms with Crippen LogP contribution in [0.1, 0.15) is 6.42 Å². The fourth-order valence-electron chi connectivity index (χ4n) is 3.59. The standard InChI is InChI=1S/C21H18ClN5O5/c22-12-4-6-13(7-5-12)27-10-11(8-17(27)29)19(30)23-9-16(28)24-15-3-1-2-14-18(15)21(32)26-25-20(14)31/h1-7,11H,8-10H2,(H,23,30)(H,24,28)(H,25,31)(H,26,32). The molecule has 0 saturated carbocycles. The maximum absolute atomic E-state index is 12.5. The second kappa shape index (κ2) is 8.67. The number of nitrogens with one attached hydrogen (secondary N) is 4. The number of aromatic amines is 2. The third-order valence-electron chi connectivity index (χ3n) is 5.16. The van der Waals surface area contributed by atoms with Crippen LogP contribution in [0.2, 0.25) is 5.02 Å². The van der Waals surface area contributed by atoms with Gasteiger partial charge in [-0.25, -0.2) is 0 Å². The number of amides is 3. The molecule has 1 unspecified atom stereocenters. The molecule has 10 nitrogen and oxygen atoms in total. The summed E-state index contributed by atoms with van der Waals surface area (Å²) in [7, 11) is 0. The largest absolute Gasteiger partial charge is 0.347 e. The second-order valence-corrected chi connectivity index (χ2v) is 7.72. The smallest absolute Gasteiger partial charge is 0.272 e. The molecule has 1 aliphatic heterocycles. The molecule has 3 aromatic rings. The number of H-pyrrole nitrogens is 2. The molecule has 1 fully saturated rings. The van der Waals surface area contributed by atoms with Gasteiger partial charge in [-0.05, 0) is 36.4 Å². The first kappa shape index (κ1) is 21.3. The minimum Gasteiger partial charge on any atom is -0.347 e. The van der Waals surface area contributed by atoms with Gasteiger partial charge in [0.25, 0.3) is 11.1 Å². The van der Waals surface area contributed by atoms with E-state index in [0.717, 1.165) is 0 Å². The Morgan fingerprint density at radius 3 is 2.50 bits per heavy atom. The van der Waals surface area contributed by atoms with Gasteiger partial charge in [0, 0.05) is 23.7 Å². The number of hydrogen-bond donors (Lipinski definition) is 4. The van der Waals surface area contributed by atoms with E-state index in [0.29, 0.717) is 10.7 Å². The molecule has 164 valence electrons. The molecule has 32 heavy (non-hydrogen) atoms. The van der Waals surface area contributed by atoms with Crippen LogP contribution < -0.4 is 26.7 Å². The zero-order valence-electron chi connectivity index (χ0n) is 16.6. The van der Waals surface area contributed by atoms with Gasteiger partial charge in [0.2, 0.25) is 17.7 Å². The second-order valence-electron chi connectivity index (χ2n) is 7.28. The fraction of sp³-hybridized carbons (Fsp3) is 0.190. The lowest BCUT2D eigenvalue weighted by molar-refractivity contribution is -0.127. The molecule has 1 aliphatic rings. The first-order valence-electron chi connectivity index (χ1n) is 9.70. The molecular formula is C21H18ClN5O5. The Bertz CT molecular complexity index is 1330. The van der Waals surface area contributed by atoms with E-state index >= 15 is 0 Å². The molecule has 2 aromatic carbocycles. The average Bonchev–Trinajstić information content (AvgIpc) is 3.17. The number of aromatic nitrogens is 2. The average molecular weight is 456 g/mol. The maximum atomic E-state index is 12.5. The van der Waals surface area contributed by atoms with Gasteiger partial charge in [0.05, 0.1) is 28.9 Å². The Kier molecular flexibility index (Phi) is 5.78. The van der Waals surface area contributed by atoms with Gasteiger partial charge in [0.15, 0.2) is 0 Å². The summed E-state index contributed by atoms with van der Waals surface area (Å²) in [5.74, 6) is -1.82. The maximum Gasteiger partial charge on any atom is 0.272 e. The van der Waals surface area contributed by atoms with Crippen LogP contribution in [0.4, 0.5) is 11.4 Å². The minimum absolute atomic E-state index is 0.0254. The monoisotopic (exact) mass is 455 g/mol. The lowest BCUT2D eigenvalue weighted by atomic mass is 10.1. The Morgan fingerprint density at radius 1 is 1.03 bits per heavy atom. The van der Waals surface area contributed by atoms with Crippen LogP contribution in [0, 0.1) is 5.92 Å². The number of anilines is 2.